The van der Waals surface area contributed by atoms with Crippen molar-refractivity contribution in [2.75, 3.05) is 6.54 Å². The zero-order chi connectivity index (χ0) is 23.7. The molecule has 2 aromatic rings. The van der Waals surface area contributed by atoms with Crippen molar-refractivity contribution in [1.82, 2.24) is 15.3 Å². The number of imide groups is 1. The number of hydrogen-bond acceptors (Lipinski definition) is 5. The highest BCUT2D eigenvalue weighted by Crippen LogP contribution is 2.45. The number of fused-ring (bicyclic) bond motifs is 1. The number of rotatable bonds is 6. The Morgan fingerprint density at radius 3 is 2.38 bits per heavy atom. The minimum absolute atomic E-state index is 0.0377. The largest absolute Gasteiger partial charge is 0.351 e. The number of likely N-dealkylation sites (tertiary alicyclic amines) is 1. The molecule has 178 valence electrons. The van der Waals surface area contributed by atoms with Gasteiger partial charge in [0.25, 0.3) is 5.91 Å². The maximum Gasteiger partial charge on any atom is 0.261 e. The fourth-order valence-corrected chi connectivity index (χ4v) is 5.46. The van der Waals surface area contributed by atoms with Gasteiger partial charge in [0.2, 0.25) is 11.8 Å². The third-order valence-corrected chi connectivity index (χ3v) is 7.22. The van der Waals surface area contributed by atoms with Crippen LogP contribution in [0.1, 0.15) is 54.8 Å². The second-order valence-electron chi connectivity index (χ2n) is 9.58. The molecule has 2 heterocycles. The van der Waals surface area contributed by atoms with Crippen LogP contribution >= 0.6 is 0 Å². The molecule has 1 saturated carbocycles. The summed E-state index contributed by atoms with van der Waals surface area (Å²) in [6.45, 7) is 2.35. The van der Waals surface area contributed by atoms with Gasteiger partial charge in [0.1, 0.15) is 6.54 Å². The van der Waals surface area contributed by atoms with E-state index in [2.05, 4.69) is 5.32 Å². The molecule has 3 unspecified atom stereocenters. The molecule has 3 amide bonds. The number of aryl methyl sites for hydroxylation is 1. The number of hydrogen-bond donors (Lipinski definition) is 1. The summed E-state index contributed by atoms with van der Waals surface area (Å²) < 4.78 is 0. The van der Waals surface area contributed by atoms with Crippen LogP contribution in [0.3, 0.4) is 0 Å². The maximum atomic E-state index is 13.6. The highest BCUT2D eigenvalue weighted by Gasteiger charge is 2.60. The molecule has 1 aliphatic carbocycles. The van der Waals surface area contributed by atoms with Gasteiger partial charge in [-0.3, -0.25) is 24.1 Å². The van der Waals surface area contributed by atoms with Crippen molar-refractivity contribution in [3.05, 3.63) is 71.3 Å². The van der Waals surface area contributed by atoms with Crippen LogP contribution in [0.4, 0.5) is 0 Å². The van der Waals surface area contributed by atoms with Gasteiger partial charge in [0.05, 0.1) is 12.0 Å². The van der Waals surface area contributed by atoms with E-state index in [-0.39, 0.29) is 30.3 Å². The molecule has 2 aromatic carbocycles. The smallest absolute Gasteiger partial charge is 0.261 e. The van der Waals surface area contributed by atoms with Gasteiger partial charge >= 0.3 is 0 Å². The van der Waals surface area contributed by atoms with Crippen molar-refractivity contribution >= 4 is 17.7 Å². The fourth-order valence-electron chi connectivity index (χ4n) is 5.46. The van der Waals surface area contributed by atoms with E-state index in [1.807, 2.05) is 61.5 Å². The van der Waals surface area contributed by atoms with Crippen molar-refractivity contribution < 1.29 is 19.2 Å². The topological polar surface area (TPSA) is 79.0 Å². The van der Waals surface area contributed by atoms with Crippen LogP contribution < -0.4 is 5.32 Å². The van der Waals surface area contributed by atoms with Crippen molar-refractivity contribution in [2.45, 2.75) is 63.8 Å². The zero-order valence-corrected chi connectivity index (χ0v) is 19.5. The van der Waals surface area contributed by atoms with Gasteiger partial charge in [-0.1, -0.05) is 79.4 Å². The lowest BCUT2D eigenvalue weighted by Gasteiger charge is -2.32. The van der Waals surface area contributed by atoms with E-state index in [1.54, 1.807) is 0 Å². The van der Waals surface area contributed by atoms with E-state index in [9.17, 15) is 14.4 Å². The Kier molecular flexibility index (Phi) is 6.48. The molecule has 5 rings (SSSR count). The molecular formula is C27H31N3O4. The molecule has 7 nitrogen and oxygen atoms in total. The van der Waals surface area contributed by atoms with Crippen LogP contribution in [0.2, 0.25) is 0 Å². The second kappa shape index (κ2) is 9.68. The minimum atomic E-state index is -0.873. The zero-order valence-electron chi connectivity index (χ0n) is 19.5. The molecule has 2 saturated heterocycles. The second-order valence-corrected chi connectivity index (χ2v) is 9.58. The number of carbonyl (C=O) groups is 3. The number of nitrogens with zero attached hydrogens (tertiary/aromatic N) is 2. The first kappa shape index (κ1) is 22.7. The van der Waals surface area contributed by atoms with Crippen molar-refractivity contribution in [2.24, 2.45) is 5.92 Å². The molecule has 0 radical (unpaired) electrons. The summed E-state index contributed by atoms with van der Waals surface area (Å²) in [6, 6.07) is 17.0. The monoisotopic (exact) mass is 461 g/mol. The normalized spacial score (nSPS) is 25.6. The Labute approximate surface area is 200 Å². The standard InChI is InChI=1S/C27H31N3O4/c1-18-12-14-20(15-13-18)24-23-25(27(33)30(26(23)32)21-10-6-3-7-11-21)34-29(24)17-22(31)28-16-19-8-4-2-5-9-19/h2,4-5,8-9,12-15,21,23-25H,3,6-7,10-11,16-17H2,1H3,(H,28,31). The number of carbonyl (C=O) groups excluding carboxylic acids is 3. The molecule has 0 bridgehead atoms. The van der Waals surface area contributed by atoms with Crippen LogP contribution in [0.15, 0.2) is 54.6 Å². The predicted molar refractivity (Wildman–Crippen MR) is 126 cm³/mol. The highest BCUT2D eigenvalue weighted by molar-refractivity contribution is 6.07. The van der Waals surface area contributed by atoms with Crippen LogP contribution in [0, 0.1) is 12.8 Å². The first-order valence-corrected chi connectivity index (χ1v) is 12.2. The van der Waals surface area contributed by atoms with Gasteiger partial charge in [-0.15, -0.1) is 0 Å². The molecule has 34 heavy (non-hydrogen) atoms. The fraction of sp³-hybridized carbons (Fsp3) is 0.444. The molecule has 3 aliphatic rings. The molecule has 2 aliphatic heterocycles. The summed E-state index contributed by atoms with van der Waals surface area (Å²) in [7, 11) is 0. The third kappa shape index (κ3) is 4.38. The van der Waals surface area contributed by atoms with E-state index >= 15 is 0 Å². The Bertz CT molecular complexity index is 1050. The van der Waals surface area contributed by atoms with E-state index in [4.69, 9.17) is 4.84 Å². The Morgan fingerprint density at radius 2 is 1.68 bits per heavy atom. The van der Waals surface area contributed by atoms with Gasteiger partial charge in [-0.2, -0.15) is 5.06 Å². The molecule has 1 N–H and O–H groups in total. The number of hydroxylamine groups is 2. The molecular weight excluding hydrogens is 430 g/mol. The lowest BCUT2D eigenvalue weighted by atomic mass is 9.90. The number of benzene rings is 2. The summed E-state index contributed by atoms with van der Waals surface area (Å²) in [5.41, 5.74) is 2.98. The van der Waals surface area contributed by atoms with Crippen molar-refractivity contribution in [3.63, 3.8) is 0 Å². The molecule has 7 heteroatoms. The highest BCUT2D eigenvalue weighted by atomic mass is 16.7. The van der Waals surface area contributed by atoms with Crippen LogP contribution in [-0.2, 0) is 25.8 Å². The average molecular weight is 462 g/mol. The van der Waals surface area contributed by atoms with E-state index in [1.165, 1.54) is 9.96 Å². The lowest BCUT2D eigenvalue weighted by molar-refractivity contribution is -0.184. The Morgan fingerprint density at radius 1 is 0.971 bits per heavy atom. The summed E-state index contributed by atoms with van der Waals surface area (Å²) in [5.74, 6) is -1.28. The van der Waals surface area contributed by atoms with E-state index < -0.39 is 18.1 Å². The van der Waals surface area contributed by atoms with Crippen molar-refractivity contribution in [1.29, 1.82) is 0 Å². The van der Waals surface area contributed by atoms with Gasteiger partial charge in [0.15, 0.2) is 6.10 Å². The van der Waals surface area contributed by atoms with Crippen LogP contribution in [0.5, 0.6) is 0 Å². The van der Waals surface area contributed by atoms with Crippen LogP contribution in [0.25, 0.3) is 0 Å². The Balaban J connectivity index is 1.36. The van der Waals surface area contributed by atoms with Crippen LogP contribution in [-0.4, -0.2) is 46.4 Å². The van der Waals surface area contributed by atoms with Gasteiger partial charge in [-0.25, -0.2) is 0 Å². The van der Waals surface area contributed by atoms with E-state index in [0.717, 1.165) is 48.8 Å². The quantitative estimate of drug-likeness (QED) is 0.668. The van der Waals surface area contributed by atoms with Crippen molar-refractivity contribution in [3.8, 4) is 0 Å². The van der Waals surface area contributed by atoms with Gasteiger partial charge < -0.3 is 5.32 Å². The first-order chi connectivity index (χ1) is 16.5. The lowest BCUT2D eigenvalue weighted by Crippen LogP contribution is -2.45. The molecule has 0 spiro atoms. The maximum absolute atomic E-state index is 13.6. The van der Waals surface area contributed by atoms with E-state index in [0.29, 0.717) is 6.54 Å². The van der Waals surface area contributed by atoms with Gasteiger partial charge in [-0.05, 0) is 30.9 Å². The average Bonchev–Trinajstić information content (AvgIpc) is 3.34. The first-order valence-electron chi connectivity index (χ1n) is 12.2. The van der Waals surface area contributed by atoms with Gasteiger partial charge in [0, 0.05) is 12.6 Å². The molecule has 3 atom stereocenters. The predicted octanol–water partition coefficient (Wildman–Crippen LogP) is 3.29. The Hall–Kier alpha value is -3.03. The summed E-state index contributed by atoms with van der Waals surface area (Å²) in [4.78, 5) is 47.2. The SMILES string of the molecule is Cc1ccc(C2C3C(=O)N(C4CCCCC4)C(=O)C3ON2CC(=O)NCc2ccccc2)cc1. The number of nitrogens with one attached hydrogen (secondary N) is 1. The minimum Gasteiger partial charge on any atom is -0.351 e. The molecule has 0 aromatic heterocycles. The summed E-state index contributed by atoms with van der Waals surface area (Å²) in [5, 5.41) is 4.45. The summed E-state index contributed by atoms with van der Waals surface area (Å²) in [6.07, 6.45) is 4.06. The third-order valence-electron chi connectivity index (χ3n) is 7.22. The number of amides is 3. The molecule has 3 fully saturated rings. The summed E-state index contributed by atoms with van der Waals surface area (Å²) >= 11 is 0.